The van der Waals surface area contributed by atoms with Gasteiger partial charge in [-0.05, 0) is 42.5 Å². The van der Waals surface area contributed by atoms with E-state index in [9.17, 15) is 0 Å². The maximum atomic E-state index is 5.83. The molecule has 3 rings (SSSR count). The van der Waals surface area contributed by atoms with Crippen molar-refractivity contribution in [3.8, 4) is 5.75 Å². The Morgan fingerprint density at radius 3 is 3.04 bits per heavy atom. The second-order valence-electron chi connectivity index (χ2n) is 6.87. The van der Waals surface area contributed by atoms with Crippen LogP contribution in [0.5, 0.6) is 5.75 Å². The van der Waals surface area contributed by atoms with Crippen LogP contribution in [0.3, 0.4) is 0 Å². The van der Waals surface area contributed by atoms with Crippen molar-refractivity contribution in [2.75, 3.05) is 19.7 Å². The molecule has 0 amide bonds. The van der Waals surface area contributed by atoms with E-state index < -0.39 is 0 Å². The average molecular weight is 314 g/mol. The first-order valence-corrected chi connectivity index (χ1v) is 8.47. The number of nitrogens with zero attached hydrogens (tertiary/aromatic N) is 4. The highest BCUT2D eigenvalue weighted by Crippen LogP contribution is 2.22. The average Bonchev–Trinajstić information content (AvgIpc) is 3.18. The van der Waals surface area contributed by atoms with Crippen LogP contribution in [0.1, 0.15) is 25.8 Å². The lowest BCUT2D eigenvalue weighted by Gasteiger charge is -2.17. The van der Waals surface area contributed by atoms with Crippen molar-refractivity contribution in [2.24, 2.45) is 11.8 Å². The monoisotopic (exact) mass is 314 g/mol. The maximum absolute atomic E-state index is 5.83. The first kappa shape index (κ1) is 16.0. The smallest absolute Gasteiger partial charge is 0.119 e. The van der Waals surface area contributed by atoms with Gasteiger partial charge in [-0.15, -0.1) is 5.10 Å². The van der Waals surface area contributed by atoms with Crippen LogP contribution in [-0.4, -0.2) is 39.6 Å². The summed E-state index contributed by atoms with van der Waals surface area (Å²) >= 11 is 0. The molecule has 0 saturated carbocycles. The van der Waals surface area contributed by atoms with Gasteiger partial charge in [-0.3, -0.25) is 9.58 Å². The van der Waals surface area contributed by atoms with E-state index in [1.807, 2.05) is 16.9 Å². The van der Waals surface area contributed by atoms with Crippen LogP contribution in [0.4, 0.5) is 0 Å². The van der Waals surface area contributed by atoms with Crippen LogP contribution in [0.2, 0.25) is 0 Å². The Morgan fingerprint density at radius 2 is 2.26 bits per heavy atom. The van der Waals surface area contributed by atoms with E-state index in [1.54, 1.807) is 6.20 Å². The van der Waals surface area contributed by atoms with Crippen LogP contribution in [0.25, 0.3) is 0 Å². The summed E-state index contributed by atoms with van der Waals surface area (Å²) in [7, 11) is 0. The number of aromatic nitrogens is 3. The summed E-state index contributed by atoms with van der Waals surface area (Å²) in [5.41, 5.74) is 1.33. The molecular formula is C18H26N4O. The van der Waals surface area contributed by atoms with E-state index in [4.69, 9.17) is 4.74 Å². The van der Waals surface area contributed by atoms with Gasteiger partial charge in [0, 0.05) is 25.8 Å². The van der Waals surface area contributed by atoms with Gasteiger partial charge in [-0.1, -0.05) is 31.2 Å². The normalized spacial score (nSPS) is 18.7. The van der Waals surface area contributed by atoms with E-state index >= 15 is 0 Å². The fourth-order valence-electron chi connectivity index (χ4n) is 3.05. The number of hydrogen-bond donors (Lipinski definition) is 0. The van der Waals surface area contributed by atoms with Gasteiger partial charge in [0.25, 0.3) is 0 Å². The Morgan fingerprint density at radius 1 is 1.35 bits per heavy atom. The Labute approximate surface area is 138 Å². The third kappa shape index (κ3) is 4.79. The molecule has 0 spiro atoms. The van der Waals surface area contributed by atoms with Crippen molar-refractivity contribution in [3.05, 3.63) is 42.2 Å². The highest BCUT2D eigenvalue weighted by molar-refractivity contribution is 5.28. The van der Waals surface area contributed by atoms with Crippen LogP contribution >= 0.6 is 0 Å². The van der Waals surface area contributed by atoms with E-state index in [0.29, 0.717) is 11.8 Å². The summed E-state index contributed by atoms with van der Waals surface area (Å²) in [6.07, 6.45) is 4.91. The summed E-state index contributed by atoms with van der Waals surface area (Å²) in [6.45, 7) is 9.34. The van der Waals surface area contributed by atoms with Crippen molar-refractivity contribution < 1.29 is 4.74 Å². The first-order chi connectivity index (χ1) is 11.2. The second kappa shape index (κ2) is 7.59. The molecule has 5 heteroatoms. The van der Waals surface area contributed by atoms with E-state index in [-0.39, 0.29) is 0 Å². The van der Waals surface area contributed by atoms with Crippen molar-refractivity contribution >= 4 is 0 Å². The molecule has 124 valence electrons. The van der Waals surface area contributed by atoms with Crippen molar-refractivity contribution in [3.63, 3.8) is 0 Å². The molecule has 1 aliphatic rings. The number of ether oxygens (including phenoxy) is 1. The zero-order chi connectivity index (χ0) is 16.1. The minimum absolute atomic E-state index is 0.551. The van der Waals surface area contributed by atoms with Crippen molar-refractivity contribution in [2.45, 2.75) is 33.4 Å². The standard InChI is InChI=1S/C18H26N4O/c1-15(2)14-23-18-5-3-4-16(10-18)11-21-8-6-17(12-21)13-22-9-7-19-20-22/h3-5,7,9-10,15,17H,6,8,11-14H2,1-2H3. The zero-order valence-electron chi connectivity index (χ0n) is 14.1. The molecule has 5 nitrogen and oxygen atoms in total. The fraction of sp³-hybridized carbons (Fsp3) is 0.556. The lowest BCUT2D eigenvalue weighted by molar-refractivity contribution is 0.269. The molecule has 2 aromatic rings. The van der Waals surface area contributed by atoms with E-state index in [1.165, 1.54) is 12.0 Å². The van der Waals surface area contributed by atoms with E-state index in [2.05, 4.69) is 47.3 Å². The molecule has 23 heavy (non-hydrogen) atoms. The number of benzene rings is 1. The second-order valence-corrected chi connectivity index (χ2v) is 6.87. The summed E-state index contributed by atoms with van der Waals surface area (Å²) in [5.74, 6) is 2.20. The molecule has 1 fully saturated rings. The van der Waals surface area contributed by atoms with Gasteiger partial charge in [-0.25, -0.2) is 0 Å². The van der Waals surface area contributed by atoms with Gasteiger partial charge in [0.1, 0.15) is 5.75 Å². The molecule has 1 atom stereocenters. The highest BCUT2D eigenvalue weighted by Gasteiger charge is 2.23. The largest absolute Gasteiger partial charge is 0.493 e. The van der Waals surface area contributed by atoms with Crippen molar-refractivity contribution in [1.82, 2.24) is 19.9 Å². The minimum atomic E-state index is 0.551. The topological polar surface area (TPSA) is 43.2 Å². The SMILES string of the molecule is CC(C)COc1cccc(CN2CCC(Cn3ccnn3)C2)c1. The lowest BCUT2D eigenvalue weighted by atomic mass is 10.1. The Balaban J connectivity index is 1.50. The predicted octanol–water partition coefficient (Wildman–Crippen LogP) is 2.84. The number of rotatable bonds is 7. The van der Waals surface area contributed by atoms with Crippen LogP contribution in [-0.2, 0) is 13.1 Å². The number of hydrogen-bond acceptors (Lipinski definition) is 4. The summed E-state index contributed by atoms with van der Waals surface area (Å²) < 4.78 is 7.77. The van der Waals surface area contributed by atoms with E-state index in [0.717, 1.165) is 38.5 Å². The van der Waals surface area contributed by atoms with Crippen molar-refractivity contribution in [1.29, 1.82) is 0 Å². The third-order valence-electron chi connectivity index (χ3n) is 4.18. The summed E-state index contributed by atoms with van der Waals surface area (Å²) in [4.78, 5) is 2.52. The number of likely N-dealkylation sites (tertiary alicyclic amines) is 1. The predicted molar refractivity (Wildman–Crippen MR) is 90.2 cm³/mol. The molecule has 2 heterocycles. The molecule has 1 aromatic heterocycles. The lowest BCUT2D eigenvalue weighted by Crippen LogP contribution is -2.21. The molecule has 0 aliphatic carbocycles. The van der Waals surface area contributed by atoms with Gasteiger partial charge in [-0.2, -0.15) is 0 Å². The molecule has 1 aromatic carbocycles. The zero-order valence-corrected chi connectivity index (χ0v) is 14.1. The molecule has 0 bridgehead atoms. The van der Waals surface area contributed by atoms with Gasteiger partial charge in [0.2, 0.25) is 0 Å². The Bertz CT molecular complexity index is 597. The summed E-state index contributed by atoms with van der Waals surface area (Å²) in [6, 6.07) is 8.50. The first-order valence-electron chi connectivity index (χ1n) is 8.47. The Hall–Kier alpha value is -1.88. The quantitative estimate of drug-likeness (QED) is 0.788. The Kier molecular flexibility index (Phi) is 5.28. The highest BCUT2D eigenvalue weighted by atomic mass is 16.5. The molecule has 1 aliphatic heterocycles. The molecule has 1 saturated heterocycles. The van der Waals surface area contributed by atoms with Crippen LogP contribution in [0, 0.1) is 11.8 Å². The molecule has 0 N–H and O–H groups in total. The van der Waals surface area contributed by atoms with Crippen LogP contribution in [0.15, 0.2) is 36.7 Å². The fourth-order valence-corrected chi connectivity index (χ4v) is 3.05. The van der Waals surface area contributed by atoms with Gasteiger partial charge < -0.3 is 4.74 Å². The molecule has 0 radical (unpaired) electrons. The minimum Gasteiger partial charge on any atom is -0.493 e. The molecular weight excluding hydrogens is 288 g/mol. The summed E-state index contributed by atoms with van der Waals surface area (Å²) in [5, 5.41) is 7.94. The van der Waals surface area contributed by atoms with Gasteiger partial charge >= 0.3 is 0 Å². The molecule has 1 unspecified atom stereocenters. The maximum Gasteiger partial charge on any atom is 0.119 e. The van der Waals surface area contributed by atoms with Gasteiger partial charge in [0.15, 0.2) is 0 Å². The van der Waals surface area contributed by atoms with Crippen LogP contribution < -0.4 is 4.74 Å². The third-order valence-corrected chi connectivity index (χ3v) is 4.18. The van der Waals surface area contributed by atoms with Gasteiger partial charge in [0.05, 0.1) is 12.8 Å².